The highest BCUT2D eigenvalue weighted by Crippen LogP contribution is 2.32. The highest BCUT2D eigenvalue weighted by Gasteiger charge is 2.24. The highest BCUT2D eigenvalue weighted by atomic mass is 32.2. The quantitative estimate of drug-likeness (QED) is 0.891. The molecule has 0 aliphatic carbocycles. The van der Waals surface area contributed by atoms with Gasteiger partial charge in [-0.3, -0.25) is 0 Å². The third kappa shape index (κ3) is 3.98. The van der Waals surface area contributed by atoms with Crippen molar-refractivity contribution in [2.45, 2.75) is 31.7 Å². The second kappa shape index (κ2) is 6.78. The molecule has 1 N–H and O–H groups in total. The number of fused-ring (bicyclic) bond motifs is 1. The summed E-state index contributed by atoms with van der Waals surface area (Å²) in [6.45, 7) is 5.72. The first kappa shape index (κ1) is 14.9. The van der Waals surface area contributed by atoms with Gasteiger partial charge in [0, 0.05) is 30.1 Å². The molecule has 2 rings (SSSR count). The lowest BCUT2D eigenvalue weighted by Crippen LogP contribution is -2.45. The molecular formula is C16H26N2S. The van der Waals surface area contributed by atoms with E-state index in [9.17, 15) is 0 Å². The number of thioether (sulfide) groups is 1. The van der Waals surface area contributed by atoms with Crippen LogP contribution in [-0.2, 0) is 5.75 Å². The molecule has 0 amide bonds. The van der Waals surface area contributed by atoms with Crippen LogP contribution in [-0.4, -0.2) is 37.3 Å². The summed E-state index contributed by atoms with van der Waals surface area (Å²) in [5.74, 6) is 3.00. The molecule has 1 aromatic rings. The molecule has 3 heteroatoms. The van der Waals surface area contributed by atoms with Gasteiger partial charge in [-0.15, -0.1) is 0 Å². The molecule has 2 unspecified atom stereocenters. The molecule has 1 aromatic carbocycles. The molecule has 19 heavy (non-hydrogen) atoms. The minimum absolute atomic E-state index is 0.502. The molecule has 0 saturated carbocycles. The van der Waals surface area contributed by atoms with E-state index >= 15 is 0 Å². The van der Waals surface area contributed by atoms with Gasteiger partial charge in [0.05, 0.1) is 0 Å². The van der Waals surface area contributed by atoms with Crippen molar-refractivity contribution in [1.82, 2.24) is 10.2 Å². The fourth-order valence-corrected chi connectivity index (χ4v) is 3.74. The van der Waals surface area contributed by atoms with Gasteiger partial charge in [-0.1, -0.05) is 38.1 Å². The van der Waals surface area contributed by atoms with Crippen LogP contribution in [0.1, 0.15) is 31.0 Å². The van der Waals surface area contributed by atoms with Gasteiger partial charge >= 0.3 is 0 Å². The predicted molar refractivity (Wildman–Crippen MR) is 85.7 cm³/mol. The molecule has 2 atom stereocenters. The van der Waals surface area contributed by atoms with Crippen molar-refractivity contribution in [2.75, 3.05) is 26.4 Å². The Balaban J connectivity index is 2.10. The van der Waals surface area contributed by atoms with E-state index in [1.54, 1.807) is 0 Å². The highest BCUT2D eigenvalue weighted by molar-refractivity contribution is 7.98. The summed E-state index contributed by atoms with van der Waals surface area (Å²) in [5.41, 5.74) is 3.01. The van der Waals surface area contributed by atoms with Crippen LogP contribution in [0.2, 0.25) is 0 Å². The molecule has 0 fully saturated rings. The molecule has 0 radical (unpaired) electrons. The maximum atomic E-state index is 3.88. The fourth-order valence-electron chi connectivity index (χ4n) is 2.63. The van der Waals surface area contributed by atoms with Crippen LogP contribution in [0.5, 0.6) is 0 Å². The fraction of sp³-hybridized carbons (Fsp3) is 0.625. The standard InChI is InChI=1S/C16H26N2S/c1-12(2)15(9-18(3)4)17-16-11-19-10-13-7-5-6-8-14(13)16/h5-8,12,15-17H,9-11H2,1-4H3. The molecule has 0 bridgehead atoms. The summed E-state index contributed by atoms with van der Waals surface area (Å²) in [6, 6.07) is 9.93. The van der Waals surface area contributed by atoms with Gasteiger partial charge in [-0.05, 0) is 31.1 Å². The smallest absolute Gasteiger partial charge is 0.0417 e. The molecular weight excluding hydrogens is 252 g/mol. The van der Waals surface area contributed by atoms with Gasteiger partial charge in [-0.2, -0.15) is 11.8 Å². The van der Waals surface area contributed by atoms with Crippen molar-refractivity contribution in [1.29, 1.82) is 0 Å². The van der Waals surface area contributed by atoms with Crippen LogP contribution in [0.25, 0.3) is 0 Å². The Morgan fingerprint density at radius 1 is 1.32 bits per heavy atom. The van der Waals surface area contributed by atoms with Gasteiger partial charge in [0.25, 0.3) is 0 Å². The minimum Gasteiger partial charge on any atom is -0.308 e. The van der Waals surface area contributed by atoms with Gasteiger partial charge in [0.2, 0.25) is 0 Å². The lowest BCUT2D eigenvalue weighted by Gasteiger charge is -2.33. The number of nitrogens with zero attached hydrogens (tertiary/aromatic N) is 1. The first-order valence-corrected chi connectivity index (χ1v) is 8.29. The SMILES string of the molecule is CC(C)C(CN(C)C)NC1CSCc2ccccc21. The van der Waals surface area contributed by atoms with Gasteiger partial charge in [-0.25, -0.2) is 0 Å². The average Bonchev–Trinajstić information content (AvgIpc) is 2.37. The summed E-state index contributed by atoms with van der Waals surface area (Å²) in [7, 11) is 4.31. The van der Waals surface area contributed by atoms with Gasteiger partial charge in [0.1, 0.15) is 0 Å². The first-order valence-electron chi connectivity index (χ1n) is 7.14. The summed E-state index contributed by atoms with van der Waals surface area (Å²) < 4.78 is 0. The Hall–Kier alpha value is -0.510. The van der Waals surface area contributed by atoms with Crippen LogP contribution < -0.4 is 5.32 Å². The third-order valence-electron chi connectivity index (χ3n) is 3.75. The Labute approximate surface area is 122 Å². The number of hydrogen-bond donors (Lipinski definition) is 1. The summed E-state index contributed by atoms with van der Waals surface area (Å²) in [6.07, 6.45) is 0. The van der Waals surface area contributed by atoms with Crippen molar-refractivity contribution < 1.29 is 0 Å². The van der Waals surface area contributed by atoms with Crippen molar-refractivity contribution in [3.8, 4) is 0 Å². The van der Waals surface area contributed by atoms with E-state index < -0.39 is 0 Å². The number of benzene rings is 1. The van der Waals surface area contributed by atoms with Gasteiger partial charge < -0.3 is 10.2 Å². The average molecular weight is 278 g/mol. The van der Waals surface area contributed by atoms with Crippen molar-refractivity contribution in [2.24, 2.45) is 5.92 Å². The van der Waals surface area contributed by atoms with Gasteiger partial charge in [0.15, 0.2) is 0 Å². The van der Waals surface area contributed by atoms with Crippen LogP contribution in [0.15, 0.2) is 24.3 Å². The summed E-state index contributed by atoms with van der Waals surface area (Å²) in [5, 5.41) is 3.88. The summed E-state index contributed by atoms with van der Waals surface area (Å²) >= 11 is 2.04. The van der Waals surface area contributed by atoms with E-state index in [1.165, 1.54) is 16.9 Å². The molecule has 1 aliphatic heterocycles. The summed E-state index contributed by atoms with van der Waals surface area (Å²) in [4.78, 5) is 2.28. The van der Waals surface area contributed by atoms with E-state index in [4.69, 9.17) is 0 Å². The van der Waals surface area contributed by atoms with E-state index in [0.29, 0.717) is 18.0 Å². The number of nitrogens with one attached hydrogen (secondary N) is 1. The molecule has 0 aromatic heterocycles. The third-order valence-corrected chi connectivity index (χ3v) is 4.84. The Morgan fingerprint density at radius 3 is 2.74 bits per heavy atom. The minimum atomic E-state index is 0.502. The molecule has 1 heterocycles. The Morgan fingerprint density at radius 2 is 2.05 bits per heavy atom. The monoisotopic (exact) mass is 278 g/mol. The Kier molecular flexibility index (Phi) is 5.31. The topological polar surface area (TPSA) is 15.3 Å². The van der Waals surface area contributed by atoms with E-state index in [2.05, 4.69) is 62.4 Å². The molecule has 106 valence electrons. The van der Waals surface area contributed by atoms with Crippen LogP contribution in [0, 0.1) is 5.92 Å². The molecule has 1 aliphatic rings. The molecule has 0 saturated heterocycles. The van der Waals surface area contributed by atoms with Crippen LogP contribution in [0.3, 0.4) is 0 Å². The van der Waals surface area contributed by atoms with E-state index in [1.807, 2.05) is 11.8 Å². The maximum absolute atomic E-state index is 3.88. The maximum Gasteiger partial charge on any atom is 0.0417 e. The Bertz CT molecular complexity index is 403. The van der Waals surface area contributed by atoms with Crippen LogP contribution in [0.4, 0.5) is 0 Å². The number of rotatable bonds is 5. The lowest BCUT2D eigenvalue weighted by atomic mass is 9.98. The zero-order valence-electron chi connectivity index (χ0n) is 12.5. The predicted octanol–water partition coefficient (Wildman–Crippen LogP) is 3.15. The number of hydrogen-bond acceptors (Lipinski definition) is 3. The van der Waals surface area contributed by atoms with E-state index in [0.717, 1.165) is 12.3 Å². The molecule has 0 spiro atoms. The molecule has 2 nitrogen and oxygen atoms in total. The van der Waals surface area contributed by atoms with Crippen molar-refractivity contribution >= 4 is 11.8 Å². The largest absolute Gasteiger partial charge is 0.308 e. The normalized spacial score (nSPS) is 20.6. The van der Waals surface area contributed by atoms with E-state index in [-0.39, 0.29) is 0 Å². The second-order valence-electron chi connectivity index (χ2n) is 6.05. The van der Waals surface area contributed by atoms with Crippen molar-refractivity contribution in [3.63, 3.8) is 0 Å². The first-order chi connectivity index (χ1) is 9.08. The lowest BCUT2D eigenvalue weighted by molar-refractivity contribution is 0.274. The van der Waals surface area contributed by atoms with Crippen molar-refractivity contribution in [3.05, 3.63) is 35.4 Å². The second-order valence-corrected chi connectivity index (χ2v) is 7.08. The van der Waals surface area contributed by atoms with Crippen LogP contribution >= 0.6 is 11.8 Å². The number of likely N-dealkylation sites (N-methyl/N-ethyl adjacent to an activating group) is 1. The zero-order valence-corrected chi connectivity index (χ0v) is 13.3. The zero-order chi connectivity index (χ0) is 13.8.